The molecule has 0 saturated carbocycles. The maximum atomic E-state index is 12.3. The van der Waals surface area contributed by atoms with E-state index in [9.17, 15) is 22.0 Å². The number of nitrogens with one attached hydrogen (secondary N) is 3. The summed E-state index contributed by atoms with van der Waals surface area (Å²) in [6.07, 6.45) is 0. The van der Waals surface area contributed by atoms with Gasteiger partial charge >= 0.3 is 12.6 Å². The van der Waals surface area contributed by atoms with Gasteiger partial charge in [0.15, 0.2) is 11.5 Å². The van der Waals surface area contributed by atoms with Crippen molar-refractivity contribution in [1.29, 1.82) is 0 Å². The SMILES string of the molecule is CNS(=O)(=O)c1ccc(CNC(=O)NCc2ccc(OC(F)F)c(OC)c2)cc1. The fourth-order valence-electron chi connectivity index (χ4n) is 2.35. The molecule has 0 heterocycles. The Morgan fingerprint density at radius 1 is 1.00 bits per heavy atom. The highest BCUT2D eigenvalue weighted by Crippen LogP contribution is 2.29. The second-order valence-electron chi connectivity index (χ2n) is 5.75. The summed E-state index contributed by atoms with van der Waals surface area (Å²) in [5, 5.41) is 5.26. The highest BCUT2D eigenvalue weighted by atomic mass is 32.2. The number of urea groups is 1. The van der Waals surface area contributed by atoms with Gasteiger partial charge in [-0.1, -0.05) is 18.2 Å². The average Bonchev–Trinajstić information content (AvgIpc) is 2.71. The molecule has 0 atom stereocenters. The quantitative estimate of drug-likeness (QED) is 0.567. The van der Waals surface area contributed by atoms with Crippen LogP contribution in [0.25, 0.3) is 0 Å². The van der Waals surface area contributed by atoms with Gasteiger partial charge in [0, 0.05) is 13.1 Å². The van der Waals surface area contributed by atoms with Crippen LogP contribution in [-0.2, 0) is 23.1 Å². The molecule has 158 valence electrons. The maximum Gasteiger partial charge on any atom is 0.387 e. The van der Waals surface area contributed by atoms with Crippen LogP contribution in [0, 0.1) is 0 Å². The van der Waals surface area contributed by atoms with Gasteiger partial charge in [0.1, 0.15) is 0 Å². The van der Waals surface area contributed by atoms with E-state index in [1.165, 1.54) is 44.5 Å². The molecule has 11 heteroatoms. The number of carbonyl (C=O) groups excluding carboxylic acids is 1. The van der Waals surface area contributed by atoms with Crippen molar-refractivity contribution in [2.24, 2.45) is 0 Å². The van der Waals surface area contributed by atoms with Crippen LogP contribution in [0.3, 0.4) is 0 Å². The first-order valence-corrected chi connectivity index (χ1v) is 9.89. The number of methoxy groups -OCH3 is 1. The normalized spacial score (nSPS) is 11.2. The molecule has 0 unspecified atom stereocenters. The highest BCUT2D eigenvalue weighted by Gasteiger charge is 2.12. The standard InChI is InChI=1S/C18H21F2N3O5S/c1-21-29(25,26)14-6-3-12(4-7-14)10-22-18(24)23-11-13-5-8-15(28-17(19)20)16(9-13)27-2/h3-9,17,21H,10-11H2,1-2H3,(H2,22,23,24). The smallest absolute Gasteiger partial charge is 0.387 e. The Labute approximate surface area is 167 Å². The summed E-state index contributed by atoms with van der Waals surface area (Å²) >= 11 is 0. The summed E-state index contributed by atoms with van der Waals surface area (Å²) < 4.78 is 59.6. The van der Waals surface area contributed by atoms with Crippen molar-refractivity contribution < 1.29 is 31.5 Å². The zero-order valence-corrected chi connectivity index (χ0v) is 16.6. The van der Waals surface area contributed by atoms with Gasteiger partial charge in [-0.25, -0.2) is 17.9 Å². The molecule has 0 fully saturated rings. The molecule has 2 aromatic rings. The largest absolute Gasteiger partial charge is 0.493 e. The van der Waals surface area contributed by atoms with E-state index in [4.69, 9.17) is 4.74 Å². The average molecular weight is 429 g/mol. The summed E-state index contributed by atoms with van der Waals surface area (Å²) in [5.41, 5.74) is 1.34. The maximum absolute atomic E-state index is 12.3. The summed E-state index contributed by atoms with van der Waals surface area (Å²) in [7, 11) is -0.864. The predicted molar refractivity (Wildman–Crippen MR) is 101 cm³/mol. The molecule has 0 aromatic heterocycles. The van der Waals surface area contributed by atoms with Crippen molar-refractivity contribution in [1.82, 2.24) is 15.4 Å². The molecule has 29 heavy (non-hydrogen) atoms. The van der Waals surface area contributed by atoms with Gasteiger partial charge in [-0.05, 0) is 42.4 Å². The van der Waals surface area contributed by atoms with Crippen LogP contribution in [0.2, 0.25) is 0 Å². The molecule has 3 N–H and O–H groups in total. The van der Waals surface area contributed by atoms with Crippen LogP contribution in [-0.4, -0.2) is 35.2 Å². The number of sulfonamides is 1. The van der Waals surface area contributed by atoms with Crippen molar-refractivity contribution in [2.45, 2.75) is 24.6 Å². The van der Waals surface area contributed by atoms with E-state index >= 15 is 0 Å². The first kappa shape index (κ1) is 22.4. The number of halogens is 2. The van der Waals surface area contributed by atoms with E-state index < -0.39 is 22.7 Å². The number of alkyl halides is 2. The first-order valence-electron chi connectivity index (χ1n) is 8.41. The number of rotatable bonds is 9. The van der Waals surface area contributed by atoms with Gasteiger partial charge < -0.3 is 20.1 Å². The number of ether oxygens (including phenoxy) is 2. The zero-order chi connectivity index (χ0) is 21.4. The molecule has 0 aliphatic rings. The Bertz CT molecular complexity index is 937. The highest BCUT2D eigenvalue weighted by molar-refractivity contribution is 7.89. The lowest BCUT2D eigenvalue weighted by Crippen LogP contribution is -2.34. The number of hydrogen-bond acceptors (Lipinski definition) is 5. The zero-order valence-electron chi connectivity index (χ0n) is 15.7. The van der Waals surface area contributed by atoms with Crippen LogP contribution in [0.1, 0.15) is 11.1 Å². The topological polar surface area (TPSA) is 106 Å². The number of carbonyl (C=O) groups is 1. The van der Waals surface area contributed by atoms with Gasteiger partial charge in [0.25, 0.3) is 0 Å². The molecule has 2 rings (SSSR count). The third-order valence-electron chi connectivity index (χ3n) is 3.85. The lowest BCUT2D eigenvalue weighted by atomic mass is 10.2. The van der Waals surface area contributed by atoms with Crippen molar-refractivity contribution in [3.05, 3.63) is 53.6 Å². The molecular formula is C18H21F2N3O5S. The third-order valence-corrected chi connectivity index (χ3v) is 5.28. The Balaban J connectivity index is 1.87. The molecule has 8 nitrogen and oxygen atoms in total. The Kier molecular flexibility index (Phi) is 7.74. The van der Waals surface area contributed by atoms with Gasteiger partial charge in [-0.3, -0.25) is 0 Å². The van der Waals surface area contributed by atoms with E-state index in [1.807, 2.05) is 0 Å². The van der Waals surface area contributed by atoms with Crippen molar-refractivity contribution in [3.8, 4) is 11.5 Å². The molecule has 2 aromatic carbocycles. The summed E-state index contributed by atoms with van der Waals surface area (Å²) in [4.78, 5) is 12.1. The number of hydrogen-bond donors (Lipinski definition) is 3. The Hall–Kier alpha value is -2.92. The predicted octanol–water partition coefficient (Wildman–Crippen LogP) is 2.20. The van der Waals surface area contributed by atoms with Crippen LogP contribution < -0.4 is 24.8 Å². The van der Waals surface area contributed by atoms with Crippen molar-refractivity contribution in [2.75, 3.05) is 14.2 Å². The summed E-state index contributed by atoms with van der Waals surface area (Å²) in [5.74, 6) is 0.0288. The number of benzene rings is 2. The van der Waals surface area contributed by atoms with Crippen molar-refractivity contribution in [3.63, 3.8) is 0 Å². The van der Waals surface area contributed by atoms with Gasteiger partial charge in [-0.15, -0.1) is 0 Å². The third kappa shape index (κ3) is 6.57. The lowest BCUT2D eigenvalue weighted by molar-refractivity contribution is -0.0512. The molecule has 0 radical (unpaired) electrons. The molecule has 0 aliphatic heterocycles. The molecule has 0 bridgehead atoms. The van der Waals surface area contributed by atoms with Gasteiger partial charge in [0.2, 0.25) is 10.0 Å². The molecule has 0 saturated heterocycles. The minimum atomic E-state index is -3.51. The first-order chi connectivity index (χ1) is 13.7. The van der Waals surface area contributed by atoms with E-state index in [-0.39, 0.29) is 29.5 Å². The second kappa shape index (κ2) is 10.0. The monoisotopic (exact) mass is 429 g/mol. The van der Waals surface area contributed by atoms with Crippen LogP contribution >= 0.6 is 0 Å². The van der Waals surface area contributed by atoms with Crippen LogP contribution in [0.4, 0.5) is 13.6 Å². The Morgan fingerprint density at radius 2 is 1.59 bits per heavy atom. The van der Waals surface area contributed by atoms with E-state index in [0.717, 1.165) is 0 Å². The lowest BCUT2D eigenvalue weighted by Gasteiger charge is -2.12. The van der Waals surface area contributed by atoms with Crippen LogP contribution in [0.5, 0.6) is 11.5 Å². The van der Waals surface area contributed by atoms with Crippen LogP contribution in [0.15, 0.2) is 47.4 Å². The molecule has 0 spiro atoms. The van der Waals surface area contributed by atoms with E-state index in [2.05, 4.69) is 20.1 Å². The van der Waals surface area contributed by atoms with E-state index in [0.29, 0.717) is 11.1 Å². The second-order valence-corrected chi connectivity index (χ2v) is 7.64. The fourth-order valence-corrected chi connectivity index (χ4v) is 3.08. The molecule has 0 aliphatic carbocycles. The summed E-state index contributed by atoms with van der Waals surface area (Å²) in [6.45, 7) is -2.64. The van der Waals surface area contributed by atoms with Gasteiger partial charge in [-0.2, -0.15) is 8.78 Å². The van der Waals surface area contributed by atoms with Crippen molar-refractivity contribution >= 4 is 16.1 Å². The Morgan fingerprint density at radius 3 is 2.14 bits per heavy atom. The fraction of sp³-hybridized carbons (Fsp3) is 0.278. The van der Waals surface area contributed by atoms with Gasteiger partial charge in [0.05, 0.1) is 12.0 Å². The minimum absolute atomic E-state index is 0.0977. The minimum Gasteiger partial charge on any atom is -0.493 e. The van der Waals surface area contributed by atoms with E-state index in [1.54, 1.807) is 12.1 Å². The molecular weight excluding hydrogens is 408 g/mol. The molecule has 2 amide bonds. The number of amides is 2. The summed E-state index contributed by atoms with van der Waals surface area (Å²) in [6, 6.07) is 9.96.